The van der Waals surface area contributed by atoms with Crippen LogP contribution in [0.5, 0.6) is 0 Å². The van der Waals surface area contributed by atoms with Crippen molar-refractivity contribution in [2.75, 3.05) is 11.9 Å². The number of hydrogen-bond acceptors (Lipinski definition) is 3. The normalized spacial score (nSPS) is 16.4. The smallest absolute Gasteiger partial charge is 0.255 e. The number of hydrogen-bond donors (Lipinski definition) is 2. The number of anilines is 1. The van der Waals surface area contributed by atoms with Crippen molar-refractivity contribution in [3.63, 3.8) is 0 Å². The van der Waals surface area contributed by atoms with E-state index in [1.165, 1.54) is 0 Å². The summed E-state index contributed by atoms with van der Waals surface area (Å²) < 4.78 is 2.16. The molecular formula is C25H28N4O2. The number of primary amides is 1. The van der Waals surface area contributed by atoms with E-state index in [1.54, 1.807) is 0 Å². The average Bonchev–Trinajstić information content (AvgIpc) is 3.34. The molecule has 1 unspecified atom stereocenters. The lowest BCUT2D eigenvalue weighted by Crippen LogP contribution is -2.39. The van der Waals surface area contributed by atoms with Crippen LogP contribution in [0, 0.1) is 13.8 Å². The monoisotopic (exact) mass is 416 g/mol. The van der Waals surface area contributed by atoms with Gasteiger partial charge in [-0.25, -0.2) is 0 Å². The highest BCUT2D eigenvalue weighted by molar-refractivity contribution is 6.04. The lowest BCUT2D eigenvalue weighted by Gasteiger charge is -2.22. The summed E-state index contributed by atoms with van der Waals surface area (Å²) in [5.74, 6) is -0.420. The number of nitrogens with one attached hydrogen (secondary N) is 1. The number of rotatable bonds is 6. The molecule has 3 aromatic rings. The largest absolute Gasteiger partial charge is 0.368 e. The average molecular weight is 417 g/mol. The van der Waals surface area contributed by atoms with Crippen molar-refractivity contribution in [2.45, 2.75) is 39.3 Å². The van der Waals surface area contributed by atoms with Crippen molar-refractivity contribution in [3.05, 3.63) is 83.2 Å². The Bertz CT molecular complexity index is 1080. The Labute approximate surface area is 182 Å². The van der Waals surface area contributed by atoms with E-state index in [0.717, 1.165) is 47.7 Å². The first kappa shape index (κ1) is 20.9. The Morgan fingerprint density at radius 3 is 2.42 bits per heavy atom. The van der Waals surface area contributed by atoms with Crippen LogP contribution >= 0.6 is 0 Å². The first-order chi connectivity index (χ1) is 14.9. The number of nitrogens with zero attached hydrogens (tertiary/aromatic N) is 2. The van der Waals surface area contributed by atoms with E-state index in [9.17, 15) is 9.59 Å². The molecule has 6 heteroatoms. The summed E-state index contributed by atoms with van der Waals surface area (Å²) in [7, 11) is 0. The van der Waals surface area contributed by atoms with Crippen molar-refractivity contribution >= 4 is 17.5 Å². The highest BCUT2D eigenvalue weighted by Gasteiger charge is 2.28. The molecule has 2 heterocycles. The van der Waals surface area contributed by atoms with Gasteiger partial charge in [0.25, 0.3) is 5.91 Å². The van der Waals surface area contributed by atoms with Gasteiger partial charge in [0.2, 0.25) is 5.91 Å². The number of carbonyl (C=O) groups excluding carboxylic acids is 2. The molecular weight excluding hydrogens is 388 g/mol. The predicted molar refractivity (Wildman–Crippen MR) is 122 cm³/mol. The van der Waals surface area contributed by atoms with E-state index >= 15 is 0 Å². The highest BCUT2D eigenvalue weighted by atomic mass is 16.2. The van der Waals surface area contributed by atoms with Crippen LogP contribution in [0.4, 0.5) is 5.69 Å². The van der Waals surface area contributed by atoms with Crippen LogP contribution in [0.2, 0.25) is 0 Å². The summed E-state index contributed by atoms with van der Waals surface area (Å²) in [5, 5.41) is 2.98. The third-order valence-corrected chi connectivity index (χ3v) is 5.92. The van der Waals surface area contributed by atoms with E-state index < -0.39 is 0 Å². The SMILES string of the molecule is Cc1ccc(C)n1-c1ccc(C(=O)Nc2cccc(CN3CCCC3C(N)=O)c2)cc1. The molecule has 1 aromatic heterocycles. The topological polar surface area (TPSA) is 80.4 Å². The Morgan fingerprint density at radius 2 is 1.74 bits per heavy atom. The van der Waals surface area contributed by atoms with Crippen LogP contribution < -0.4 is 11.1 Å². The summed E-state index contributed by atoms with van der Waals surface area (Å²) in [6.45, 7) is 5.63. The van der Waals surface area contributed by atoms with Gasteiger partial charge in [-0.2, -0.15) is 0 Å². The van der Waals surface area contributed by atoms with Gasteiger partial charge in [-0.3, -0.25) is 14.5 Å². The van der Waals surface area contributed by atoms with Gasteiger partial charge in [0, 0.05) is 34.9 Å². The molecule has 3 N–H and O–H groups in total. The first-order valence-electron chi connectivity index (χ1n) is 10.6. The summed E-state index contributed by atoms with van der Waals surface area (Å²) in [5.41, 5.74) is 11.2. The molecule has 2 aromatic carbocycles. The molecule has 1 saturated heterocycles. The minimum Gasteiger partial charge on any atom is -0.368 e. The summed E-state index contributed by atoms with van der Waals surface area (Å²) in [4.78, 5) is 26.5. The molecule has 0 spiro atoms. The third-order valence-electron chi connectivity index (χ3n) is 5.92. The molecule has 4 rings (SSSR count). The second-order valence-electron chi connectivity index (χ2n) is 8.18. The maximum absolute atomic E-state index is 12.8. The molecule has 0 aliphatic carbocycles. The fourth-order valence-electron chi connectivity index (χ4n) is 4.36. The van der Waals surface area contributed by atoms with Crippen molar-refractivity contribution in [1.29, 1.82) is 0 Å². The zero-order valence-electron chi connectivity index (χ0n) is 18.0. The number of likely N-dealkylation sites (tertiary alicyclic amines) is 1. The molecule has 0 bridgehead atoms. The van der Waals surface area contributed by atoms with Gasteiger partial charge in [-0.15, -0.1) is 0 Å². The Hall–Kier alpha value is -3.38. The minimum absolute atomic E-state index is 0.152. The van der Waals surface area contributed by atoms with Crippen LogP contribution in [0.15, 0.2) is 60.7 Å². The zero-order valence-corrected chi connectivity index (χ0v) is 18.0. The second-order valence-corrected chi connectivity index (χ2v) is 8.18. The number of aromatic nitrogens is 1. The molecule has 1 atom stereocenters. The third kappa shape index (κ3) is 4.54. The fraction of sp³-hybridized carbons (Fsp3) is 0.280. The summed E-state index contributed by atoms with van der Waals surface area (Å²) in [6.07, 6.45) is 1.78. The number of carbonyl (C=O) groups is 2. The van der Waals surface area contributed by atoms with E-state index in [2.05, 4.69) is 40.8 Å². The van der Waals surface area contributed by atoms with Crippen LogP contribution in [-0.2, 0) is 11.3 Å². The number of benzene rings is 2. The second kappa shape index (κ2) is 8.78. The quantitative estimate of drug-likeness (QED) is 0.641. The first-order valence-corrected chi connectivity index (χ1v) is 10.6. The number of aryl methyl sites for hydroxylation is 2. The van der Waals surface area contributed by atoms with Gasteiger partial charge in [-0.05, 0) is 87.3 Å². The van der Waals surface area contributed by atoms with E-state index in [-0.39, 0.29) is 17.9 Å². The maximum Gasteiger partial charge on any atom is 0.255 e. The Kier molecular flexibility index (Phi) is 5.91. The van der Waals surface area contributed by atoms with Crippen molar-refractivity contribution in [2.24, 2.45) is 5.73 Å². The van der Waals surface area contributed by atoms with Gasteiger partial charge in [0.05, 0.1) is 6.04 Å². The van der Waals surface area contributed by atoms with E-state index in [0.29, 0.717) is 12.1 Å². The van der Waals surface area contributed by atoms with Gasteiger partial charge >= 0.3 is 0 Å². The minimum atomic E-state index is -0.268. The molecule has 1 fully saturated rings. The molecule has 31 heavy (non-hydrogen) atoms. The van der Waals surface area contributed by atoms with Gasteiger partial charge in [-0.1, -0.05) is 12.1 Å². The van der Waals surface area contributed by atoms with Gasteiger partial charge in [0.1, 0.15) is 0 Å². The summed E-state index contributed by atoms with van der Waals surface area (Å²) in [6, 6.07) is 19.3. The zero-order chi connectivity index (χ0) is 22.0. The van der Waals surface area contributed by atoms with Crippen LogP contribution in [0.1, 0.15) is 40.2 Å². The molecule has 0 radical (unpaired) electrons. The highest BCUT2D eigenvalue weighted by Crippen LogP contribution is 2.22. The van der Waals surface area contributed by atoms with Crippen LogP contribution in [0.25, 0.3) is 5.69 Å². The lowest BCUT2D eigenvalue weighted by molar-refractivity contribution is -0.122. The van der Waals surface area contributed by atoms with Crippen LogP contribution in [0.3, 0.4) is 0 Å². The van der Waals surface area contributed by atoms with Crippen LogP contribution in [-0.4, -0.2) is 33.9 Å². The number of nitrogens with two attached hydrogens (primary N) is 1. The van der Waals surface area contributed by atoms with Crippen molar-refractivity contribution < 1.29 is 9.59 Å². The predicted octanol–water partition coefficient (Wildman–Crippen LogP) is 3.80. The standard InChI is InChI=1S/C25H28N4O2/c1-17-8-9-18(2)29(17)22-12-10-20(11-13-22)25(31)27-21-6-3-5-19(15-21)16-28-14-4-7-23(28)24(26)30/h3,5-6,8-13,15,23H,4,7,14,16H2,1-2H3,(H2,26,30)(H,27,31). The molecule has 160 valence electrons. The molecule has 6 nitrogen and oxygen atoms in total. The maximum atomic E-state index is 12.8. The summed E-state index contributed by atoms with van der Waals surface area (Å²) >= 11 is 0. The van der Waals surface area contributed by atoms with E-state index in [4.69, 9.17) is 5.73 Å². The Morgan fingerprint density at radius 1 is 1.03 bits per heavy atom. The fourth-order valence-corrected chi connectivity index (χ4v) is 4.36. The van der Waals surface area contributed by atoms with Crippen molar-refractivity contribution in [3.8, 4) is 5.69 Å². The number of amides is 2. The Balaban J connectivity index is 1.44. The van der Waals surface area contributed by atoms with E-state index in [1.807, 2.05) is 48.5 Å². The lowest BCUT2D eigenvalue weighted by atomic mass is 10.1. The van der Waals surface area contributed by atoms with Gasteiger partial charge in [0.15, 0.2) is 0 Å². The molecule has 0 saturated carbocycles. The molecule has 1 aliphatic heterocycles. The molecule has 1 aliphatic rings. The van der Waals surface area contributed by atoms with Gasteiger partial charge < -0.3 is 15.6 Å². The van der Waals surface area contributed by atoms with Crippen molar-refractivity contribution in [1.82, 2.24) is 9.47 Å². The molecule has 2 amide bonds.